The molecule has 0 radical (unpaired) electrons. The highest BCUT2D eigenvalue weighted by Crippen LogP contribution is 2.21. The summed E-state index contributed by atoms with van der Waals surface area (Å²) in [7, 11) is 0. The van der Waals surface area contributed by atoms with Crippen LogP contribution in [0.25, 0.3) is 0 Å². The molecule has 1 aliphatic heterocycles. The zero-order valence-corrected chi connectivity index (χ0v) is 13.5. The van der Waals surface area contributed by atoms with Gasteiger partial charge in [0.05, 0.1) is 13.2 Å². The number of rotatable bonds is 6. The van der Waals surface area contributed by atoms with Crippen LogP contribution in [-0.4, -0.2) is 42.8 Å². The molecule has 0 saturated carbocycles. The van der Waals surface area contributed by atoms with E-state index in [1.165, 1.54) is 5.69 Å². The predicted octanol–water partition coefficient (Wildman–Crippen LogP) is 2.88. The van der Waals surface area contributed by atoms with Gasteiger partial charge in [-0.25, -0.2) is 4.98 Å². The number of anilines is 4. The average molecular weight is 313 g/mol. The van der Waals surface area contributed by atoms with Gasteiger partial charge in [0.1, 0.15) is 5.82 Å². The molecule has 0 amide bonds. The Balaban J connectivity index is 1.63. The Hall–Kier alpha value is -2.34. The highest BCUT2D eigenvalue weighted by Gasteiger charge is 2.10. The van der Waals surface area contributed by atoms with Crippen molar-refractivity contribution in [2.75, 3.05) is 48.4 Å². The molecule has 1 aromatic heterocycles. The Morgan fingerprint density at radius 3 is 2.65 bits per heavy atom. The van der Waals surface area contributed by atoms with E-state index in [2.05, 4.69) is 56.7 Å². The SMILES string of the molecule is CCCNc1ccnc(Nc2ccc(N3CCOCC3)cc2)n1. The Bertz CT molecular complexity index is 611. The summed E-state index contributed by atoms with van der Waals surface area (Å²) in [4.78, 5) is 11.1. The summed E-state index contributed by atoms with van der Waals surface area (Å²) in [5, 5.41) is 6.51. The van der Waals surface area contributed by atoms with Crippen molar-refractivity contribution in [2.45, 2.75) is 13.3 Å². The molecule has 6 heteroatoms. The number of ether oxygens (including phenoxy) is 1. The fourth-order valence-corrected chi connectivity index (χ4v) is 2.48. The first-order valence-corrected chi connectivity index (χ1v) is 8.12. The van der Waals surface area contributed by atoms with Gasteiger partial charge in [0.2, 0.25) is 5.95 Å². The topological polar surface area (TPSA) is 62.3 Å². The fourth-order valence-electron chi connectivity index (χ4n) is 2.48. The van der Waals surface area contributed by atoms with Crippen molar-refractivity contribution in [1.29, 1.82) is 0 Å². The number of benzene rings is 1. The summed E-state index contributed by atoms with van der Waals surface area (Å²) in [6.45, 7) is 6.52. The third-order valence-electron chi connectivity index (χ3n) is 3.71. The molecule has 0 aliphatic carbocycles. The minimum atomic E-state index is 0.602. The molecule has 0 atom stereocenters. The largest absolute Gasteiger partial charge is 0.378 e. The number of hydrogen-bond acceptors (Lipinski definition) is 6. The lowest BCUT2D eigenvalue weighted by Crippen LogP contribution is -2.36. The highest BCUT2D eigenvalue weighted by atomic mass is 16.5. The van der Waals surface area contributed by atoms with Crippen molar-refractivity contribution in [1.82, 2.24) is 9.97 Å². The summed E-state index contributed by atoms with van der Waals surface area (Å²) in [5.41, 5.74) is 2.20. The van der Waals surface area contributed by atoms with E-state index in [4.69, 9.17) is 4.74 Å². The van der Waals surface area contributed by atoms with Gasteiger partial charge in [0.15, 0.2) is 0 Å². The molecule has 0 unspecified atom stereocenters. The number of nitrogens with one attached hydrogen (secondary N) is 2. The molecule has 2 aromatic rings. The van der Waals surface area contributed by atoms with E-state index in [0.29, 0.717) is 5.95 Å². The van der Waals surface area contributed by atoms with Crippen molar-refractivity contribution in [2.24, 2.45) is 0 Å². The molecular formula is C17H23N5O. The molecule has 6 nitrogen and oxygen atoms in total. The maximum Gasteiger partial charge on any atom is 0.229 e. The monoisotopic (exact) mass is 313 g/mol. The Kier molecular flexibility index (Phi) is 5.26. The lowest BCUT2D eigenvalue weighted by Gasteiger charge is -2.28. The Labute approximate surface area is 136 Å². The van der Waals surface area contributed by atoms with Gasteiger partial charge >= 0.3 is 0 Å². The van der Waals surface area contributed by atoms with Crippen molar-refractivity contribution in [3.63, 3.8) is 0 Å². The normalized spacial score (nSPS) is 14.6. The number of nitrogens with zero attached hydrogens (tertiary/aromatic N) is 3. The first-order chi connectivity index (χ1) is 11.3. The Morgan fingerprint density at radius 1 is 1.13 bits per heavy atom. The lowest BCUT2D eigenvalue weighted by molar-refractivity contribution is 0.122. The van der Waals surface area contributed by atoms with E-state index in [0.717, 1.165) is 50.8 Å². The van der Waals surface area contributed by atoms with E-state index >= 15 is 0 Å². The maximum absolute atomic E-state index is 5.39. The number of aromatic nitrogens is 2. The van der Waals surface area contributed by atoms with Gasteiger partial charge in [-0.15, -0.1) is 0 Å². The van der Waals surface area contributed by atoms with Crippen LogP contribution in [0.5, 0.6) is 0 Å². The van der Waals surface area contributed by atoms with Crippen LogP contribution in [0, 0.1) is 0 Å². The molecule has 1 aromatic carbocycles. The number of morpholine rings is 1. The van der Waals surface area contributed by atoms with Crippen LogP contribution in [0.3, 0.4) is 0 Å². The zero-order chi connectivity index (χ0) is 15.9. The number of hydrogen-bond donors (Lipinski definition) is 2. The molecule has 1 aliphatic rings. The van der Waals surface area contributed by atoms with Gasteiger partial charge in [0.25, 0.3) is 0 Å². The van der Waals surface area contributed by atoms with E-state index in [9.17, 15) is 0 Å². The Morgan fingerprint density at radius 2 is 1.91 bits per heavy atom. The van der Waals surface area contributed by atoms with E-state index in [1.54, 1.807) is 6.20 Å². The van der Waals surface area contributed by atoms with Crippen LogP contribution >= 0.6 is 0 Å². The molecular weight excluding hydrogens is 290 g/mol. The van der Waals surface area contributed by atoms with Gasteiger partial charge < -0.3 is 20.3 Å². The van der Waals surface area contributed by atoms with Gasteiger partial charge in [-0.05, 0) is 36.8 Å². The van der Waals surface area contributed by atoms with Gasteiger partial charge in [0, 0.05) is 37.2 Å². The quantitative estimate of drug-likeness (QED) is 0.855. The standard InChI is InChI=1S/C17H23N5O/c1-2-8-18-16-7-9-19-17(21-16)20-14-3-5-15(6-4-14)22-10-12-23-13-11-22/h3-7,9H,2,8,10-13H2,1H3,(H2,18,19,20,21). The molecule has 2 heterocycles. The van der Waals surface area contributed by atoms with Gasteiger partial charge in [-0.3, -0.25) is 0 Å². The minimum Gasteiger partial charge on any atom is -0.378 e. The first kappa shape index (κ1) is 15.6. The van der Waals surface area contributed by atoms with Gasteiger partial charge in [-0.1, -0.05) is 6.92 Å². The summed E-state index contributed by atoms with van der Waals surface area (Å²) in [6, 6.07) is 10.2. The summed E-state index contributed by atoms with van der Waals surface area (Å²) in [5.74, 6) is 1.44. The fraction of sp³-hybridized carbons (Fsp3) is 0.412. The third-order valence-corrected chi connectivity index (χ3v) is 3.71. The van der Waals surface area contributed by atoms with Crippen molar-refractivity contribution >= 4 is 23.1 Å². The smallest absolute Gasteiger partial charge is 0.229 e. The van der Waals surface area contributed by atoms with E-state index < -0.39 is 0 Å². The highest BCUT2D eigenvalue weighted by molar-refractivity contribution is 5.60. The maximum atomic E-state index is 5.39. The second kappa shape index (κ2) is 7.78. The van der Waals surface area contributed by atoms with Crippen LogP contribution in [0.1, 0.15) is 13.3 Å². The molecule has 0 bridgehead atoms. The van der Waals surface area contributed by atoms with Crippen molar-refractivity contribution in [3.8, 4) is 0 Å². The molecule has 122 valence electrons. The summed E-state index contributed by atoms with van der Waals surface area (Å²) in [6.07, 6.45) is 2.82. The van der Waals surface area contributed by atoms with Crippen LogP contribution < -0.4 is 15.5 Å². The molecule has 2 N–H and O–H groups in total. The molecule has 1 fully saturated rings. The zero-order valence-electron chi connectivity index (χ0n) is 13.5. The molecule has 3 rings (SSSR count). The van der Waals surface area contributed by atoms with E-state index in [1.807, 2.05) is 6.07 Å². The summed E-state index contributed by atoms with van der Waals surface area (Å²) < 4.78 is 5.39. The molecule has 23 heavy (non-hydrogen) atoms. The van der Waals surface area contributed by atoms with Crippen molar-refractivity contribution in [3.05, 3.63) is 36.5 Å². The van der Waals surface area contributed by atoms with Crippen LogP contribution in [-0.2, 0) is 4.74 Å². The van der Waals surface area contributed by atoms with Crippen LogP contribution in [0.4, 0.5) is 23.1 Å². The van der Waals surface area contributed by atoms with Gasteiger partial charge in [-0.2, -0.15) is 4.98 Å². The molecule has 0 spiro atoms. The van der Waals surface area contributed by atoms with Crippen LogP contribution in [0.2, 0.25) is 0 Å². The predicted molar refractivity (Wildman–Crippen MR) is 93.6 cm³/mol. The second-order valence-electron chi connectivity index (χ2n) is 5.46. The minimum absolute atomic E-state index is 0.602. The molecule has 1 saturated heterocycles. The second-order valence-corrected chi connectivity index (χ2v) is 5.46. The first-order valence-electron chi connectivity index (χ1n) is 8.12. The third kappa shape index (κ3) is 4.32. The average Bonchev–Trinajstić information content (AvgIpc) is 2.62. The lowest BCUT2D eigenvalue weighted by atomic mass is 10.2. The van der Waals surface area contributed by atoms with Crippen molar-refractivity contribution < 1.29 is 4.74 Å². The van der Waals surface area contributed by atoms with Crippen LogP contribution in [0.15, 0.2) is 36.5 Å². The van der Waals surface area contributed by atoms with E-state index in [-0.39, 0.29) is 0 Å². The summed E-state index contributed by atoms with van der Waals surface area (Å²) >= 11 is 0.